The Labute approximate surface area is 104 Å². The van der Waals surface area contributed by atoms with Crippen LogP contribution in [-0.2, 0) is 0 Å². The largest absolute Gasteiger partial charge is 0.370 e. The Morgan fingerprint density at radius 3 is 3.28 bits per heavy atom. The summed E-state index contributed by atoms with van der Waals surface area (Å²) in [5, 5.41) is 9.60. The quantitative estimate of drug-likeness (QED) is 0.785. The van der Waals surface area contributed by atoms with E-state index in [0.29, 0.717) is 11.6 Å². The van der Waals surface area contributed by atoms with Crippen molar-refractivity contribution in [1.82, 2.24) is 24.5 Å². The molecule has 2 aromatic heterocycles. The van der Waals surface area contributed by atoms with Gasteiger partial charge >= 0.3 is 5.69 Å². The normalized spacial score (nSPS) is 20.6. The van der Waals surface area contributed by atoms with Crippen LogP contribution in [0.4, 0.5) is 5.82 Å². The van der Waals surface area contributed by atoms with E-state index in [1.54, 1.807) is 6.07 Å². The van der Waals surface area contributed by atoms with E-state index >= 15 is 0 Å². The molecular formula is C11H16N6O. The second-order valence-corrected chi connectivity index (χ2v) is 4.83. The number of anilines is 1. The van der Waals surface area contributed by atoms with Crippen molar-refractivity contribution in [1.29, 1.82) is 0 Å². The zero-order valence-corrected chi connectivity index (χ0v) is 10.3. The molecule has 1 saturated heterocycles. The van der Waals surface area contributed by atoms with Crippen LogP contribution in [0.2, 0.25) is 0 Å². The highest BCUT2D eigenvalue weighted by molar-refractivity contribution is 5.48. The van der Waals surface area contributed by atoms with E-state index in [2.05, 4.69) is 32.4 Å². The van der Waals surface area contributed by atoms with Crippen molar-refractivity contribution in [2.24, 2.45) is 5.92 Å². The van der Waals surface area contributed by atoms with Crippen molar-refractivity contribution in [3.05, 3.63) is 22.9 Å². The lowest BCUT2D eigenvalue weighted by Gasteiger charge is -2.11. The van der Waals surface area contributed by atoms with Gasteiger partial charge in [-0.25, -0.2) is 19.3 Å². The minimum atomic E-state index is -0.263. The van der Waals surface area contributed by atoms with Gasteiger partial charge in [-0.15, -0.1) is 0 Å². The molecule has 3 heterocycles. The number of hydrogen-bond donors (Lipinski definition) is 2. The molecule has 7 heteroatoms. The summed E-state index contributed by atoms with van der Waals surface area (Å²) in [7, 11) is 2.14. The van der Waals surface area contributed by atoms with Gasteiger partial charge in [0.15, 0.2) is 5.65 Å². The third kappa shape index (κ3) is 2.08. The van der Waals surface area contributed by atoms with Gasteiger partial charge in [-0.2, -0.15) is 5.10 Å². The monoisotopic (exact) mass is 248 g/mol. The number of likely N-dealkylation sites (tertiary alicyclic amines) is 1. The van der Waals surface area contributed by atoms with E-state index in [4.69, 9.17) is 0 Å². The first-order chi connectivity index (χ1) is 8.72. The van der Waals surface area contributed by atoms with Crippen LogP contribution in [0.1, 0.15) is 6.42 Å². The summed E-state index contributed by atoms with van der Waals surface area (Å²) in [4.78, 5) is 17.8. The van der Waals surface area contributed by atoms with Gasteiger partial charge in [0.05, 0.1) is 0 Å². The van der Waals surface area contributed by atoms with Crippen molar-refractivity contribution in [3.8, 4) is 0 Å². The number of fused-ring (bicyclic) bond motifs is 1. The molecule has 1 unspecified atom stereocenters. The number of nitrogens with zero attached hydrogens (tertiary/aromatic N) is 4. The molecule has 0 radical (unpaired) electrons. The average molecular weight is 248 g/mol. The Balaban J connectivity index is 1.69. The Morgan fingerprint density at radius 1 is 1.61 bits per heavy atom. The minimum absolute atomic E-state index is 0.263. The number of hydrogen-bond acceptors (Lipinski definition) is 5. The molecule has 0 spiro atoms. The first kappa shape index (κ1) is 11.2. The molecule has 3 rings (SSSR count). The van der Waals surface area contributed by atoms with E-state index in [1.165, 1.54) is 17.1 Å². The fraction of sp³-hybridized carbons (Fsp3) is 0.545. The molecule has 18 heavy (non-hydrogen) atoms. The third-order valence-corrected chi connectivity index (χ3v) is 3.37. The minimum Gasteiger partial charge on any atom is -0.370 e. The Kier molecular flexibility index (Phi) is 2.75. The van der Waals surface area contributed by atoms with Crippen molar-refractivity contribution in [3.63, 3.8) is 0 Å². The number of H-pyrrole nitrogens is 1. The van der Waals surface area contributed by atoms with Crippen molar-refractivity contribution < 1.29 is 0 Å². The van der Waals surface area contributed by atoms with Gasteiger partial charge in [0.1, 0.15) is 12.1 Å². The Hall–Kier alpha value is -1.89. The summed E-state index contributed by atoms with van der Waals surface area (Å²) in [5.74, 6) is 1.42. The van der Waals surface area contributed by atoms with Crippen LogP contribution in [0.25, 0.3) is 5.65 Å². The molecule has 1 fully saturated rings. The van der Waals surface area contributed by atoms with Crippen LogP contribution in [0, 0.1) is 5.92 Å². The van der Waals surface area contributed by atoms with Gasteiger partial charge in [0, 0.05) is 19.2 Å². The summed E-state index contributed by atoms with van der Waals surface area (Å²) in [5.41, 5.74) is 0.322. The summed E-state index contributed by atoms with van der Waals surface area (Å²) < 4.78 is 1.38. The van der Waals surface area contributed by atoms with E-state index < -0.39 is 0 Å². The second kappa shape index (κ2) is 4.41. The molecule has 0 saturated carbocycles. The lowest BCUT2D eigenvalue weighted by Crippen LogP contribution is -2.19. The zero-order valence-electron chi connectivity index (χ0n) is 10.3. The second-order valence-electron chi connectivity index (χ2n) is 4.83. The maximum Gasteiger partial charge on any atom is 0.348 e. The first-order valence-electron chi connectivity index (χ1n) is 6.07. The van der Waals surface area contributed by atoms with Crippen LogP contribution in [0.15, 0.2) is 17.2 Å². The Morgan fingerprint density at radius 2 is 2.50 bits per heavy atom. The van der Waals surface area contributed by atoms with Crippen LogP contribution in [-0.4, -0.2) is 51.2 Å². The van der Waals surface area contributed by atoms with Gasteiger partial charge in [-0.05, 0) is 25.9 Å². The molecule has 0 bridgehead atoms. The van der Waals surface area contributed by atoms with Crippen LogP contribution < -0.4 is 11.0 Å². The lowest BCUT2D eigenvalue weighted by molar-refractivity contribution is 0.399. The molecule has 1 aliphatic heterocycles. The highest BCUT2D eigenvalue weighted by atomic mass is 16.1. The maximum atomic E-state index is 11.3. The SMILES string of the molecule is CN1CCC(CNc2cc3n[nH]c(=O)n3cn2)C1. The summed E-state index contributed by atoms with van der Waals surface area (Å²) >= 11 is 0. The van der Waals surface area contributed by atoms with Crippen LogP contribution in [0.3, 0.4) is 0 Å². The predicted molar refractivity (Wildman–Crippen MR) is 67.7 cm³/mol. The molecule has 2 aromatic rings. The smallest absolute Gasteiger partial charge is 0.348 e. The first-order valence-corrected chi connectivity index (χ1v) is 6.07. The van der Waals surface area contributed by atoms with Gasteiger partial charge in [0.2, 0.25) is 0 Å². The lowest BCUT2D eigenvalue weighted by atomic mass is 10.1. The Bertz CT molecular complexity index is 603. The van der Waals surface area contributed by atoms with Crippen molar-refractivity contribution >= 4 is 11.5 Å². The topological polar surface area (TPSA) is 78.3 Å². The predicted octanol–water partition coefficient (Wildman–Crippen LogP) is -0.219. The number of aromatic nitrogens is 4. The summed E-state index contributed by atoms with van der Waals surface area (Å²) in [6.45, 7) is 3.19. The number of aromatic amines is 1. The summed E-state index contributed by atoms with van der Waals surface area (Å²) in [6, 6.07) is 1.77. The van der Waals surface area contributed by atoms with E-state index in [9.17, 15) is 4.79 Å². The van der Waals surface area contributed by atoms with Crippen molar-refractivity contribution in [2.75, 3.05) is 32.0 Å². The molecule has 1 atom stereocenters. The fourth-order valence-corrected chi connectivity index (χ4v) is 2.35. The molecule has 96 valence electrons. The third-order valence-electron chi connectivity index (χ3n) is 3.37. The van der Waals surface area contributed by atoms with Gasteiger partial charge in [-0.3, -0.25) is 0 Å². The van der Waals surface area contributed by atoms with Gasteiger partial charge in [0.25, 0.3) is 0 Å². The number of nitrogens with one attached hydrogen (secondary N) is 2. The molecule has 0 amide bonds. The molecule has 0 aromatic carbocycles. The average Bonchev–Trinajstić information content (AvgIpc) is 2.94. The molecule has 1 aliphatic rings. The summed E-state index contributed by atoms with van der Waals surface area (Å²) in [6.07, 6.45) is 2.71. The zero-order chi connectivity index (χ0) is 12.5. The standard InChI is InChI=1S/C11H16N6O/c1-16-3-2-8(6-16)5-12-9-4-10-14-15-11(18)17(10)7-13-9/h4,7-8,12H,2-3,5-6H2,1H3,(H,15,18). The van der Waals surface area contributed by atoms with Crippen LogP contribution in [0.5, 0.6) is 0 Å². The highest BCUT2D eigenvalue weighted by Crippen LogP contribution is 2.15. The molecule has 7 nitrogen and oxygen atoms in total. The van der Waals surface area contributed by atoms with Crippen molar-refractivity contribution in [2.45, 2.75) is 6.42 Å². The van der Waals surface area contributed by atoms with E-state index in [-0.39, 0.29) is 5.69 Å². The fourth-order valence-electron chi connectivity index (χ4n) is 2.35. The molecular weight excluding hydrogens is 232 g/mol. The highest BCUT2D eigenvalue weighted by Gasteiger charge is 2.19. The molecule has 2 N–H and O–H groups in total. The van der Waals surface area contributed by atoms with Gasteiger partial charge < -0.3 is 10.2 Å². The van der Waals surface area contributed by atoms with E-state index in [1.807, 2.05) is 0 Å². The van der Waals surface area contributed by atoms with E-state index in [0.717, 1.165) is 25.5 Å². The molecule has 0 aliphatic carbocycles. The number of rotatable bonds is 3. The maximum absolute atomic E-state index is 11.3. The van der Waals surface area contributed by atoms with Crippen LogP contribution >= 0.6 is 0 Å². The van der Waals surface area contributed by atoms with Gasteiger partial charge in [-0.1, -0.05) is 0 Å².